The number of carbonyl (C=O) groups excluding carboxylic acids is 1. The molecule has 2 rings (SSSR count). The Morgan fingerprint density at radius 3 is 2.10 bits per heavy atom. The summed E-state index contributed by atoms with van der Waals surface area (Å²) in [5.74, 6) is -1.62. The van der Waals surface area contributed by atoms with Gasteiger partial charge in [0.2, 0.25) is 5.91 Å². The second-order valence-corrected chi connectivity index (χ2v) is 8.17. The van der Waals surface area contributed by atoms with Crippen molar-refractivity contribution in [2.24, 2.45) is 5.92 Å². The summed E-state index contributed by atoms with van der Waals surface area (Å²) in [5, 5.41) is 12.1. The van der Waals surface area contributed by atoms with E-state index in [1.807, 2.05) is 0 Å². The SMILES string of the molecule is O=C(NC1(C(=O)O)CCCCC1)C1CCS(=O)(=O)CC1. The number of hydrogen-bond acceptors (Lipinski definition) is 4. The molecule has 20 heavy (non-hydrogen) atoms. The molecule has 1 aliphatic heterocycles. The van der Waals surface area contributed by atoms with Crippen LogP contribution in [0.15, 0.2) is 0 Å². The quantitative estimate of drug-likeness (QED) is 0.800. The van der Waals surface area contributed by atoms with Crippen molar-refractivity contribution in [3.8, 4) is 0 Å². The Kier molecular flexibility index (Phi) is 4.36. The fourth-order valence-corrected chi connectivity index (χ4v) is 4.53. The van der Waals surface area contributed by atoms with E-state index in [2.05, 4.69) is 5.32 Å². The minimum absolute atomic E-state index is 0.0190. The van der Waals surface area contributed by atoms with Gasteiger partial charge in [-0.1, -0.05) is 19.3 Å². The molecule has 0 bridgehead atoms. The molecular weight excluding hydrogens is 282 g/mol. The zero-order valence-electron chi connectivity index (χ0n) is 11.4. The third kappa shape index (κ3) is 3.31. The average Bonchev–Trinajstić information content (AvgIpc) is 2.39. The molecule has 1 aliphatic carbocycles. The van der Waals surface area contributed by atoms with Gasteiger partial charge in [0, 0.05) is 5.92 Å². The first kappa shape index (κ1) is 15.3. The molecule has 0 aromatic carbocycles. The predicted molar refractivity (Wildman–Crippen MR) is 73.0 cm³/mol. The number of rotatable bonds is 3. The summed E-state index contributed by atoms with van der Waals surface area (Å²) in [5.41, 5.74) is -1.15. The van der Waals surface area contributed by atoms with Crippen molar-refractivity contribution in [1.29, 1.82) is 0 Å². The highest BCUT2D eigenvalue weighted by Gasteiger charge is 2.42. The standard InChI is InChI=1S/C13H21NO5S/c15-11(10-4-8-20(18,19)9-5-10)14-13(12(16)17)6-2-1-3-7-13/h10H,1-9H2,(H,14,15)(H,16,17). The number of nitrogens with one attached hydrogen (secondary N) is 1. The van der Waals surface area contributed by atoms with E-state index in [4.69, 9.17) is 0 Å². The summed E-state index contributed by atoms with van der Waals surface area (Å²) >= 11 is 0. The van der Waals surface area contributed by atoms with Crippen LogP contribution in [-0.2, 0) is 19.4 Å². The molecule has 0 atom stereocenters. The summed E-state index contributed by atoms with van der Waals surface area (Å²) in [6, 6.07) is 0. The number of carbonyl (C=O) groups is 2. The van der Waals surface area contributed by atoms with Gasteiger partial charge in [0.15, 0.2) is 0 Å². The largest absolute Gasteiger partial charge is 0.480 e. The Morgan fingerprint density at radius 2 is 1.60 bits per heavy atom. The van der Waals surface area contributed by atoms with Gasteiger partial charge in [0.25, 0.3) is 0 Å². The second-order valence-electron chi connectivity index (χ2n) is 5.86. The van der Waals surface area contributed by atoms with Gasteiger partial charge in [-0.25, -0.2) is 13.2 Å². The lowest BCUT2D eigenvalue weighted by Crippen LogP contribution is -2.57. The highest BCUT2D eigenvalue weighted by Crippen LogP contribution is 2.30. The van der Waals surface area contributed by atoms with Crippen molar-refractivity contribution in [2.45, 2.75) is 50.5 Å². The lowest BCUT2D eigenvalue weighted by Gasteiger charge is -2.35. The van der Waals surface area contributed by atoms with E-state index in [-0.39, 0.29) is 23.3 Å². The van der Waals surface area contributed by atoms with Crippen molar-refractivity contribution in [3.05, 3.63) is 0 Å². The van der Waals surface area contributed by atoms with Gasteiger partial charge in [-0.2, -0.15) is 0 Å². The maximum Gasteiger partial charge on any atom is 0.329 e. The van der Waals surface area contributed by atoms with Crippen molar-refractivity contribution < 1.29 is 23.1 Å². The zero-order valence-corrected chi connectivity index (χ0v) is 12.2. The van der Waals surface area contributed by atoms with E-state index >= 15 is 0 Å². The fraction of sp³-hybridized carbons (Fsp3) is 0.846. The first-order valence-electron chi connectivity index (χ1n) is 7.10. The van der Waals surface area contributed by atoms with Crippen LogP contribution in [0.25, 0.3) is 0 Å². The predicted octanol–water partition coefficient (Wildman–Crippen LogP) is 0.715. The van der Waals surface area contributed by atoms with Crippen LogP contribution in [0.1, 0.15) is 44.9 Å². The molecule has 7 heteroatoms. The summed E-state index contributed by atoms with van der Waals surface area (Å²) in [4.78, 5) is 23.7. The van der Waals surface area contributed by atoms with Gasteiger partial charge >= 0.3 is 5.97 Å². The van der Waals surface area contributed by atoms with Gasteiger partial charge in [-0.05, 0) is 25.7 Å². The molecule has 0 spiro atoms. The van der Waals surface area contributed by atoms with E-state index in [1.54, 1.807) is 0 Å². The first-order valence-corrected chi connectivity index (χ1v) is 8.93. The molecule has 0 aromatic rings. The van der Waals surface area contributed by atoms with Crippen molar-refractivity contribution in [2.75, 3.05) is 11.5 Å². The van der Waals surface area contributed by atoms with E-state index in [0.717, 1.165) is 19.3 Å². The normalized spacial score (nSPS) is 25.8. The Bertz CT molecular complexity index is 479. The molecule has 1 heterocycles. The summed E-state index contributed by atoms with van der Waals surface area (Å²) < 4.78 is 22.7. The van der Waals surface area contributed by atoms with Crippen molar-refractivity contribution >= 4 is 21.7 Å². The average molecular weight is 303 g/mol. The molecule has 2 N–H and O–H groups in total. The molecule has 0 radical (unpaired) electrons. The Morgan fingerprint density at radius 1 is 1.05 bits per heavy atom. The summed E-state index contributed by atoms with van der Waals surface area (Å²) in [6.07, 6.45) is 4.09. The molecular formula is C13H21NO5S. The molecule has 1 amide bonds. The van der Waals surface area contributed by atoms with Crippen LogP contribution in [0.2, 0.25) is 0 Å². The number of sulfone groups is 1. The van der Waals surface area contributed by atoms with Crippen LogP contribution in [-0.4, -0.2) is 42.4 Å². The number of hydrogen-bond donors (Lipinski definition) is 2. The monoisotopic (exact) mass is 303 g/mol. The third-order valence-electron chi connectivity index (χ3n) is 4.40. The van der Waals surface area contributed by atoms with Crippen LogP contribution < -0.4 is 5.32 Å². The van der Waals surface area contributed by atoms with Gasteiger partial charge in [-0.3, -0.25) is 4.79 Å². The molecule has 0 aromatic heterocycles. The number of aliphatic carboxylic acids is 1. The minimum atomic E-state index is -3.01. The molecule has 6 nitrogen and oxygen atoms in total. The van der Waals surface area contributed by atoms with Gasteiger partial charge in [-0.15, -0.1) is 0 Å². The van der Waals surface area contributed by atoms with Gasteiger partial charge < -0.3 is 10.4 Å². The van der Waals surface area contributed by atoms with Crippen LogP contribution in [0.3, 0.4) is 0 Å². The molecule has 1 saturated heterocycles. The molecule has 2 aliphatic rings. The lowest BCUT2D eigenvalue weighted by atomic mass is 9.81. The van der Waals surface area contributed by atoms with Gasteiger partial charge in [0.05, 0.1) is 11.5 Å². The molecule has 1 saturated carbocycles. The van der Waals surface area contributed by atoms with Crippen LogP contribution in [0.5, 0.6) is 0 Å². The van der Waals surface area contributed by atoms with Crippen molar-refractivity contribution in [3.63, 3.8) is 0 Å². The highest BCUT2D eigenvalue weighted by molar-refractivity contribution is 7.91. The second kappa shape index (κ2) is 5.71. The number of carboxylic acid groups (broad SMARTS) is 1. The number of amides is 1. The van der Waals surface area contributed by atoms with Gasteiger partial charge in [0.1, 0.15) is 15.4 Å². The maximum absolute atomic E-state index is 12.2. The van der Waals surface area contributed by atoms with Crippen LogP contribution in [0, 0.1) is 5.92 Å². The maximum atomic E-state index is 12.2. The highest BCUT2D eigenvalue weighted by atomic mass is 32.2. The third-order valence-corrected chi connectivity index (χ3v) is 6.12. The Hall–Kier alpha value is -1.11. The topological polar surface area (TPSA) is 101 Å². The zero-order chi connectivity index (χ0) is 14.8. The molecule has 114 valence electrons. The Balaban J connectivity index is 2.00. The van der Waals surface area contributed by atoms with E-state index in [0.29, 0.717) is 25.7 Å². The summed E-state index contributed by atoms with van der Waals surface area (Å²) in [7, 11) is -3.01. The van der Waals surface area contributed by atoms with Crippen LogP contribution in [0.4, 0.5) is 0 Å². The van der Waals surface area contributed by atoms with Crippen LogP contribution >= 0.6 is 0 Å². The van der Waals surface area contributed by atoms with E-state index in [1.165, 1.54) is 0 Å². The number of carboxylic acids is 1. The van der Waals surface area contributed by atoms with E-state index < -0.39 is 21.3 Å². The Labute approximate surface area is 118 Å². The molecule has 0 unspecified atom stereocenters. The van der Waals surface area contributed by atoms with E-state index in [9.17, 15) is 23.1 Å². The summed E-state index contributed by atoms with van der Waals surface area (Å²) in [6.45, 7) is 0. The van der Waals surface area contributed by atoms with Crippen molar-refractivity contribution in [1.82, 2.24) is 5.32 Å². The fourth-order valence-electron chi connectivity index (χ4n) is 3.04. The smallest absolute Gasteiger partial charge is 0.329 e. The first-order chi connectivity index (χ1) is 9.35. The minimum Gasteiger partial charge on any atom is -0.480 e. The molecule has 2 fully saturated rings. The lowest BCUT2D eigenvalue weighted by molar-refractivity contribution is -0.150.